The quantitative estimate of drug-likeness (QED) is 0.780. The summed E-state index contributed by atoms with van der Waals surface area (Å²) in [6.45, 7) is 0.794. The second kappa shape index (κ2) is 4.99. The number of alkyl halides is 1. The van der Waals surface area contributed by atoms with Crippen LogP contribution in [0.15, 0.2) is 23.4 Å². The molecule has 2 rings (SSSR count). The summed E-state index contributed by atoms with van der Waals surface area (Å²) in [5.74, 6) is -0.798. The number of aromatic nitrogens is 1. The standard InChI is InChI=1S/C10H12BrFN2O2S/c11-8-3-6-14(7-4-8)17(15,16)10-9(12)2-1-5-13-10/h1-2,5,8H,3-4,6-7H2. The van der Waals surface area contributed by atoms with Gasteiger partial charge in [-0.05, 0) is 25.0 Å². The van der Waals surface area contributed by atoms with Crippen molar-refractivity contribution in [2.24, 2.45) is 0 Å². The number of hydrogen-bond donors (Lipinski definition) is 0. The Labute approximate surface area is 108 Å². The summed E-state index contributed by atoms with van der Waals surface area (Å²) in [5, 5.41) is -0.479. The van der Waals surface area contributed by atoms with Crippen molar-refractivity contribution >= 4 is 26.0 Å². The third-order valence-electron chi connectivity index (χ3n) is 2.69. The molecule has 2 heterocycles. The fraction of sp³-hybridized carbons (Fsp3) is 0.500. The highest BCUT2D eigenvalue weighted by Gasteiger charge is 2.31. The third kappa shape index (κ3) is 2.66. The van der Waals surface area contributed by atoms with Crippen LogP contribution in [0, 0.1) is 5.82 Å². The van der Waals surface area contributed by atoms with Gasteiger partial charge in [-0.15, -0.1) is 0 Å². The van der Waals surface area contributed by atoms with E-state index in [9.17, 15) is 12.8 Å². The molecule has 0 bridgehead atoms. The molecule has 1 fully saturated rings. The average molecular weight is 323 g/mol. The van der Waals surface area contributed by atoms with Crippen LogP contribution in [-0.2, 0) is 10.0 Å². The van der Waals surface area contributed by atoms with Crippen molar-refractivity contribution < 1.29 is 12.8 Å². The molecule has 1 aromatic heterocycles. The van der Waals surface area contributed by atoms with Crippen LogP contribution in [0.2, 0.25) is 0 Å². The first-order valence-corrected chi connectivity index (χ1v) is 7.62. The Morgan fingerprint density at radius 3 is 2.65 bits per heavy atom. The Kier molecular flexibility index (Phi) is 3.79. The summed E-state index contributed by atoms with van der Waals surface area (Å²) in [7, 11) is -3.79. The van der Waals surface area contributed by atoms with Gasteiger partial charge in [0.15, 0.2) is 5.82 Å². The minimum atomic E-state index is -3.79. The van der Waals surface area contributed by atoms with E-state index in [-0.39, 0.29) is 0 Å². The molecule has 1 aromatic rings. The van der Waals surface area contributed by atoms with Crippen molar-refractivity contribution in [1.82, 2.24) is 9.29 Å². The van der Waals surface area contributed by atoms with Gasteiger partial charge in [0.1, 0.15) is 0 Å². The lowest BCUT2D eigenvalue weighted by molar-refractivity contribution is 0.351. The van der Waals surface area contributed by atoms with Gasteiger partial charge in [0.25, 0.3) is 10.0 Å². The molecule has 0 saturated carbocycles. The van der Waals surface area contributed by atoms with Gasteiger partial charge >= 0.3 is 0 Å². The summed E-state index contributed by atoms with van der Waals surface area (Å²) < 4.78 is 39.0. The number of sulfonamides is 1. The second-order valence-electron chi connectivity index (χ2n) is 3.87. The van der Waals surface area contributed by atoms with Crippen molar-refractivity contribution in [2.75, 3.05) is 13.1 Å². The Hall–Kier alpha value is -0.530. The molecule has 0 amide bonds. The fourth-order valence-electron chi connectivity index (χ4n) is 1.75. The lowest BCUT2D eigenvalue weighted by Crippen LogP contribution is -2.39. The number of halogens is 2. The maximum absolute atomic E-state index is 13.4. The van der Waals surface area contributed by atoms with Gasteiger partial charge in [-0.2, -0.15) is 4.31 Å². The Bertz CT molecular complexity index is 501. The van der Waals surface area contributed by atoms with Crippen LogP contribution in [0.25, 0.3) is 0 Å². The minimum Gasteiger partial charge on any atom is -0.241 e. The van der Waals surface area contributed by atoms with E-state index in [1.54, 1.807) is 0 Å². The SMILES string of the molecule is O=S(=O)(c1ncccc1F)N1CCC(Br)CC1. The van der Waals surface area contributed by atoms with Crippen LogP contribution in [0.5, 0.6) is 0 Å². The van der Waals surface area contributed by atoms with Gasteiger partial charge in [0.05, 0.1) is 0 Å². The average Bonchev–Trinajstić information content (AvgIpc) is 2.30. The highest BCUT2D eigenvalue weighted by Crippen LogP contribution is 2.23. The number of rotatable bonds is 2. The van der Waals surface area contributed by atoms with E-state index in [2.05, 4.69) is 20.9 Å². The van der Waals surface area contributed by atoms with E-state index in [4.69, 9.17) is 0 Å². The smallest absolute Gasteiger partial charge is 0.241 e. The molecule has 1 aliphatic rings. The van der Waals surface area contributed by atoms with Gasteiger partial charge < -0.3 is 0 Å². The summed E-state index contributed by atoms with van der Waals surface area (Å²) >= 11 is 3.44. The Morgan fingerprint density at radius 2 is 2.06 bits per heavy atom. The van der Waals surface area contributed by atoms with Crippen molar-refractivity contribution in [3.05, 3.63) is 24.1 Å². The zero-order chi connectivity index (χ0) is 12.5. The molecular weight excluding hydrogens is 311 g/mol. The molecule has 1 aliphatic heterocycles. The highest BCUT2D eigenvalue weighted by molar-refractivity contribution is 9.09. The predicted molar refractivity (Wildman–Crippen MR) is 64.9 cm³/mol. The molecule has 1 saturated heterocycles. The largest absolute Gasteiger partial charge is 0.263 e. The van der Waals surface area contributed by atoms with E-state index < -0.39 is 20.9 Å². The number of hydrogen-bond acceptors (Lipinski definition) is 3. The predicted octanol–water partition coefficient (Wildman–Crippen LogP) is 1.77. The maximum Gasteiger partial charge on any atom is 0.263 e. The molecule has 7 heteroatoms. The van der Waals surface area contributed by atoms with E-state index in [1.807, 2.05) is 0 Å². The lowest BCUT2D eigenvalue weighted by Gasteiger charge is -2.28. The minimum absolute atomic E-state index is 0.336. The maximum atomic E-state index is 13.4. The van der Waals surface area contributed by atoms with E-state index >= 15 is 0 Å². The molecule has 0 unspecified atom stereocenters. The van der Waals surface area contributed by atoms with Crippen LogP contribution in [0.1, 0.15) is 12.8 Å². The highest BCUT2D eigenvalue weighted by atomic mass is 79.9. The molecule has 0 aromatic carbocycles. The van der Waals surface area contributed by atoms with Gasteiger partial charge in [0.2, 0.25) is 5.03 Å². The van der Waals surface area contributed by atoms with Crippen molar-refractivity contribution in [3.8, 4) is 0 Å². The van der Waals surface area contributed by atoms with Gasteiger partial charge in [-0.1, -0.05) is 15.9 Å². The van der Waals surface area contributed by atoms with E-state index in [0.29, 0.717) is 17.9 Å². The van der Waals surface area contributed by atoms with Crippen molar-refractivity contribution in [2.45, 2.75) is 22.7 Å². The fourth-order valence-corrected chi connectivity index (χ4v) is 3.60. The van der Waals surface area contributed by atoms with E-state index in [0.717, 1.165) is 18.9 Å². The van der Waals surface area contributed by atoms with Crippen LogP contribution in [-0.4, -0.2) is 35.6 Å². The number of nitrogens with zero attached hydrogens (tertiary/aromatic N) is 2. The van der Waals surface area contributed by atoms with E-state index in [1.165, 1.54) is 16.6 Å². The number of pyridine rings is 1. The Balaban J connectivity index is 2.28. The molecule has 0 atom stereocenters. The molecule has 94 valence electrons. The first-order valence-electron chi connectivity index (χ1n) is 5.26. The normalized spacial score (nSPS) is 19.4. The van der Waals surface area contributed by atoms with Crippen LogP contribution >= 0.6 is 15.9 Å². The van der Waals surface area contributed by atoms with Crippen LogP contribution in [0.4, 0.5) is 4.39 Å². The summed E-state index contributed by atoms with van der Waals surface area (Å²) in [5.41, 5.74) is 0. The lowest BCUT2D eigenvalue weighted by atomic mass is 10.2. The molecule has 4 nitrogen and oxygen atoms in total. The molecule has 0 radical (unpaired) electrons. The van der Waals surface area contributed by atoms with Crippen molar-refractivity contribution in [1.29, 1.82) is 0 Å². The molecular formula is C10H12BrFN2O2S. The van der Waals surface area contributed by atoms with Crippen LogP contribution in [0.3, 0.4) is 0 Å². The summed E-state index contributed by atoms with van der Waals surface area (Å²) in [4.78, 5) is 3.96. The summed E-state index contributed by atoms with van der Waals surface area (Å²) in [6.07, 6.45) is 2.74. The topological polar surface area (TPSA) is 50.3 Å². The monoisotopic (exact) mass is 322 g/mol. The first kappa shape index (κ1) is 12.9. The molecule has 17 heavy (non-hydrogen) atoms. The van der Waals surface area contributed by atoms with Crippen LogP contribution < -0.4 is 0 Å². The zero-order valence-electron chi connectivity index (χ0n) is 9.01. The molecule has 0 N–H and O–H groups in total. The van der Waals surface area contributed by atoms with Gasteiger partial charge in [0, 0.05) is 24.1 Å². The zero-order valence-corrected chi connectivity index (χ0v) is 11.4. The summed E-state index contributed by atoms with van der Waals surface area (Å²) in [6, 6.07) is 2.48. The second-order valence-corrected chi connectivity index (χ2v) is 7.02. The third-order valence-corrected chi connectivity index (χ3v) is 5.44. The molecule has 0 aliphatic carbocycles. The molecule has 0 spiro atoms. The van der Waals surface area contributed by atoms with Gasteiger partial charge in [-0.3, -0.25) is 0 Å². The number of piperidine rings is 1. The van der Waals surface area contributed by atoms with Gasteiger partial charge in [-0.25, -0.2) is 17.8 Å². The Morgan fingerprint density at radius 1 is 1.41 bits per heavy atom. The van der Waals surface area contributed by atoms with Crippen molar-refractivity contribution in [3.63, 3.8) is 0 Å². The first-order chi connectivity index (χ1) is 8.01.